The van der Waals surface area contributed by atoms with Gasteiger partial charge in [-0.05, 0) is 51.7 Å². The first-order valence-corrected chi connectivity index (χ1v) is 11.3. The fourth-order valence-electron chi connectivity index (χ4n) is 4.69. The van der Waals surface area contributed by atoms with E-state index in [4.69, 9.17) is 4.74 Å². The van der Waals surface area contributed by atoms with Gasteiger partial charge in [-0.3, -0.25) is 0 Å². The van der Waals surface area contributed by atoms with Crippen molar-refractivity contribution in [3.63, 3.8) is 0 Å². The second kappa shape index (κ2) is 8.40. The number of hydrogen-bond donors (Lipinski definition) is 1. The van der Waals surface area contributed by atoms with Crippen LogP contribution in [0.5, 0.6) is 5.88 Å². The van der Waals surface area contributed by atoms with E-state index in [1.165, 1.54) is 32.1 Å². The van der Waals surface area contributed by atoms with Crippen LogP contribution in [0.3, 0.4) is 0 Å². The number of amides is 1. The van der Waals surface area contributed by atoms with E-state index in [1.54, 1.807) is 4.90 Å². The maximum absolute atomic E-state index is 12.3. The molecule has 0 unspecified atom stereocenters. The van der Waals surface area contributed by atoms with Crippen LogP contribution >= 0.6 is 0 Å². The zero-order valence-corrected chi connectivity index (χ0v) is 18.6. The van der Waals surface area contributed by atoms with Gasteiger partial charge in [-0.2, -0.15) is 0 Å². The zero-order valence-electron chi connectivity index (χ0n) is 18.6. The van der Waals surface area contributed by atoms with Gasteiger partial charge in [-0.15, -0.1) is 0 Å². The third-order valence-electron chi connectivity index (χ3n) is 6.32. The number of aromatic nitrogens is 1. The number of aromatic hydroxyl groups is 1. The molecular formula is C24H35N3O3. The third kappa shape index (κ3) is 4.68. The maximum Gasteiger partial charge on any atom is 0.410 e. The van der Waals surface area contributed by atoms with Gasteiger partial charge in [0.15, 0.2) is 5.88 Å². The monoisotopic (exact) mass is 413 g/mol. The minimum atomic E-state index is -0.471. The highest BCUT2D eigenvalue weighted by atomic mass is 16.6. The van der Waals surface area contributed by atoms with Crippen LogP contribution in [0.2, 0.25) is 0 Å². The van der Waals surface area contributed by atoms with Gasteiger partial charge in [0, 0.05) is 55.4 Å². The van der Waals surface area contributed by atoms with Crippen molar-refractivity contribution in [1.82, 2.24) is 9.47 Å². The minimum absolute atomic E-state index is 0.241. The quantitative estimate of drug-likeness (QED) is 0.771. The lowest BCUT2D eigenvalue weighted by atomic mass is 9.89. The van der Waals surface area contributed by atoms with E-state index < -0.39 is 5.60 Å². The predicted octanol–water partition coefficient (Wildman–Crippen LogP) is 4.98. The second-order valence-electron chi connectivity index (χ2n) is 9.84. The van der Waals surface area contributed by atoms with Gasteiger partial charge >= 0.3 is 6.09 Å². The van der Waals surface area contributed by atoms with Crippen molar-refractivity contribution in [2.24, 2.45) is 5.92 Å². The Labute approximate surface area is 179 Å². The Morgan fingerprint density at radius 3 is 2.47 bits per heavy atom. The number of anilines is 1. The number of hydrogen-bond acceptors (Lipinski definition) is 4. The van der Waals surface area contributed by atoms with E-state index in [0.717, 1.165) is 36.1 Å². The lowest BCUT2D eigenvalue weighted by molar-refractivity contribution is 0.0240. The number of rotatable bonds is 3. The predicted molar refractivity (Wildman–Crippen MR) is 120 cm³/mol. The minimum Gasteiger partial charge on any atom is -0.494 e. The second-order valence-corrected chi connectivity index (χ2v) is 9.84. The molecule has 2 aromatic rings. The Bertz CT molecular complexity index is 885. The summed E-state index contributed by atoms with van der Waals surface area (Å²) in [6, 6.07) is 6.31. The van der Waals surface area contributed by atoms with Crippen molar-refractivity contribution in [1.29, 1.82) is 0 Å². The van der Waals surface area contributed by atoms with Gasteiger partial charge in [0.1, 0.15) is 5.60 Å². The van der Waals surface area contributed by atoms with Gasteiger partial charge < -0.3 is 24.2 Å². The van der Waals surface area contributed by atoms with E-state index in [1.807, 2.05) is 25.3 Å². The van der Waals surface area contributed by atoms with Crippen LogP contribution in [0.15, 0.2) is 24.4 Å². The Hall–Kier alpha value is -2.37. The van der Waals surface area contributed by atoms with Crippen LogP contribution in [0, 0.1) is 5.92 Å². The maximum atomic E-state index is 12.3. The molecule has 1 saturated carbocycles. The molecule has 6 heteroatoms. The molecule has 1 amide bonds. The summed E-state index contributed by atoms with van der Waals surface area (Å²) in [6.07, 6.45) is 8.35. The Kier molecular flexibility index (Phi) is 5.85. The van der Waals surface area contributed by atoms with Crippen molar-refractivity contribution in [3.8, 4) is 5.88 Å². The molecule has 1 aromatic carbocycles. The molecule has 0 bridgehead atoms. The first-order valence-electron chi connectivity index (χ1n) is 11.3. The van der Waals surface area contributed by atoms with Crippen molar-refractivity contribution in [3.05, 3.63) is 24.4 Å². The Morgan fingerprint density at radius 2 is 1.80 bits per heavy atom. The van der Waals surface area contributed by atoms with Crippen LogP contribution in [0.25, 0.3) is 10.8 Å². The fraction of sp³-hybridized carbons (Fsp3) is 0.625. The molecule has 2 aliphatic rings. The first kappa shape index (κ1) is 20.9. The zero-order chi connectivity index (χ0) is 21.3. The summed E-state index contributed by atoms with van der Waals surface area (Å²) >= 11 is 0. The van der Waals surface area contributed by atoms with Crippen molar-refractivity contribution < 1.29 is 14.6 Å². The number of carbonyl (C=O) groups excluding carboxylic acids is 1. The summed E-state index contributed by atoms with van der Waals surface area (Å²) in [6.45, 7) is 9.38. The fourth-order valence-corrected chi connectivity index (χ4v) is 4.69. The van der Waals surface area contributed by atoms with Crippen LogP contribution in [0.4, 0.5) is 10.5 Å². The van der Waals surface area contributed by atoms with E-state index in [0.29, 0.717) is 24.9 Å². The van der Waals surface area contributed by atoms with Gasteiger partial charge in [0.2, 0.25) is 0 Å². The molecule has 2 heterocycles. The lowest BCUT2D eigenvalue weighted by Gasteiger charge is -2.36. The molecule has 1 saturated heterocycles. The summed E-state index contributed by atoms with van der Waals surface area (Å²) in [4.78, 5) is 16.3. The number of benzene rings is 1. The largest absolute Gasteiger partial charge is 0.494 e. The summed E-state index contributed by atoms with van der Waals surface area (Å²) < 4.78 is 7.52. The van der Waals surface area contributed by atoms with Gasteiger partial charge in [-0.25, -0.2) is 4.79 Å². The molecule has 0 atom stereocenters. The molecule has 4 rings (SSSR count). The number of piperazine rings is 1. The third-order valence-corrected chi connectivity index (χ3v) is 6.32. The van der Waals surface area contributed by atoms with Crippen LogP contribution in [0.1, 0.15) is 52.9 Å². The number of ether oxygens (including phenoxy) is 1. The molecule has 0 radical (unpaired) electrons. The SMILES string of the molecule is CC(C)(C)OC(=O)N1CCN(c2ccc3cn(CC4CCCCC4)c(O)c3c2)CC1. The van der Waals surface area contributed by atoms with E-state index in [9.17, 15) is 9.90 Å². The summed E-state index contributed by atoms with van der Waals surface area (Å²) in [7, 11) is 0. The topological polar surface area (TPSA) is 57.9 Å². The normalized spacial score (nSPS) is 18.8. The van der Waals surface area contributed by atoms with Gasteiger partial charge in [-0.1, -0.05) is 25.3 Å². The van der Waals surface area contributed by atoms with Crippen molar-refractivity contribution in [2.75, 3.05) is 31.1 Å². The molecule has 1 aromatic heterocycles. The highest BCUT2D eigenvalue weighted by molar-refractivity contribution is 5.90. The van der Waals surface area contributed by atoms with Gasteiger partial charge in [0.25, 0.3) is 0 Å². The average Bonchev–Trinajstić information content (AvgIpc) is 3.02. The van der Waals surface area contributed by atoms with E-state index in [2.05, 4.69) is 29.3 Å². The van der Waals surface area contributed by atoms with E-state index in [-0.39, 0.29) is 6.09 Å². The molecule has 1 N–H and O–H groups in total. The average molecular weight is 414 g/mol. The lowest BCUT2D eigenvalue weighted by Crippen LogP contribution is -2.50. The van der Waals surface area contributed by atoms with Crippen LogP contribution < -0.4 is 4.90 Å². The van der Waals surface area contributed by atoms with Crippen molar-refractivity contribution >= 4 is 22.6 Å². The molecular weight excluding hydrogens is 378 g/mol. The number of nitrogens with zero attached hydrogens (tertiary/aromatic N) is 3. The summed E-state index contributed by atoms with van der Waals surface area (Å²) in [5, 5.41) is 12.8. The Morgan fingerprint density at radius 1 is 1.10 bits per heavy atom. The van der Waals surface area contributed by atoms with Gasteiger partial charge in [0.05, 0.1) is 0 Å². The molecule has 164 valence electrons. The number of carbonyl (C=O) groups is 1. The number of fused-ring (bicyclic) bond motifs is 1. The highest BCUT2D eigenvalue weighted by Gasteiger charge is 2.26. The molecule has 1 aliphatic carbocycles. The van der Waals surface area contributed by atoms with Crippen LogP contribution in [-0.2, 0) is 11.3 Å². The first-order chi connectivity index (χ1) is 14.3. The highest BCUT2D eigenvalue weighted by Crippen LogP contribution is 2.34. The molecule has 30 heavy (non-hydrogen) atoms. The summed E-state index contributed by atoms with van der Waals surface area (Å²) in [5.74, 6) is 1.05. The van der Waals surface area contributed by atoms with E-state index >= 15 is 0 Å². The summed E-state index contributed by atoms with van der Waals surface area (Å²) in [5.41, 5.74) is 0.624. The standard InChI is InChI=1S/C24H35N3O3/c1-24(2,3)30-23(29)26-13-11-25(12-14-26)20-10-9-19-17-27(22(28)21(19)15-20)16-18-7-5-4-6-8-18/h9-10,15,17-18,28H,4-8,11-14,16H2,1-3H3. The molecule has 0 spiro atoms. The Balaban J connectivity index is 1.42. The van der Waals surface area contributed by atoms with Crippen molar-refractivity contribution in [2.45, 2.75) is 65.0 Å². The smallest absolute Gasteiger partial charge is 0.410 e. The molecule has 2 fully saturated rings. The molecule has 6 nitrogen and oxygen atoms in total. The van der Waals surface area contributed by atoms with Crippen LogP contribution in [-0.4, -0.2) is 52.4 Å². The molecule has 1 aliphatic heterocycles.